The summed E-state index contributed by atoms with van der Waals surface area (Å²) >= 11 is 3.56. The lowest BCUT2D eigenvalue weighted by Crippen LogP contribution is -2.23. The third kappa shape index (κ3) is 3.79. The standard InChI is InChI=1S/C27H19BrO7/c1-31-17-4-2-14(3-5-17)8-22-25(30)18-6-7-21-24(27(18)35-22)19(11-23(29)34-21)20-10-16(28)9-15-12-32-13-33-26(15)20/h2-10,19H,11-13H2,1H3/b22-8-/t19-/m1/s1. The Morgan fingerprint density at radius 1 is 1.03 bits per heavy atom. The molecule has 0 amide bonds. The molecule has 1 atom stereocenters. The van der Waals surface area contributed by atoms with Gasteiger partial charge in [-0.2, -0.15) is 0 Å². The number of methoxy groups -OCH3 is 1. The van der Waals surface area contributed by atoms with E-state index in [1.54, 1.807) is 25.3 Å². The van der Waals surface area contributed by atoms with E-state index < -0.39 is 5.92 Å². The number of fused-ring (bicyclic) bond motifs is 4. The number of ketones is 1. The highest BCUT2D eigenvalue weighted by molar-refractivity contribution is 9.10. The van der Waals surface area contributed by atoms with Crippen LogP contribution in [0.5, 0.6) is 23.0 Å². The van der Waals surface area contributed by atoms with Crippen LogP contribution in [0.25, 0.3) is 6.08 Å². The lowest BCUT2D eigenvalue weighted by atomic mass is 9.83. The molecule has 0 bridgehead atoms. The fraction of sp³-hybridized carbons (Fsp3) is 0.185. The van der Waals surface area contributed by atoms with Crippen LogP contribution in [0.3, 0.4) is 0 Å². The maximum Gasteiger partial charge on any atom is 0.312 e. The third-order valence-electron chi connectivity index (χ3n) is 6.27. The maximum absolute atomic E-state index is 13.2. The smallest absolute Gasteiger partial charge is 0.312 e. The van der Waals surface area contributed by atoms with Gasteiger partial charge in [-0.1, -0.05) is 28.1 Å². The van der Waals surface area contributed by atoms with Gasteiger partial charge in [0.1, 0.15) is 23.0 Å². The minimum absolute atomic E-state index is 0.0889. The first kappa shape index (κ1) is 21.9. The van der Waals surface area contributed by atoms with Crippen molar-refractivity contribution in [1.29, 1.82) is 0 Å². The van der Waals surface area contributed by atoms with Crippen molar-refractivity contribution in [2.24, 2.45) is 0 Å². The molecule has 0 saturated heterocycles. The van der Waals surface area contributed by atoms with Crippen molar-refractivity contribution in [2.75, 3.05) is 13.9 Å². The SMILES string of the molecule is COc1ccc(/C=C2\Oc3c(ccc4c3[C@@H](c3cc(Br)cc5c3OCOC5)CC(=O)O4)C2=O)cc1. The Morgan fingerprint density at radius 3 is 2.66 bits per heavy atom. The number of allylic oxidation sites excluding steroid dienone is 1. The molecule has 3 aromatic carbocycles. The van der Waals surface area contributed by atoms with E-state index in [1.165, 1.54) is 0 Å². The van der Waals surface area contributed by atoms with Gasteiger partial charge in [0.15, 0.2) is 12.6 Å². The fourth-order valence-electron chi connectivity index (χ4n) is 4.69. The zero-order valence-electron chi connectivity index (χ0n) is 18.6. The van der Waals surface area contributed by atoms with Gasteiger partial charge in [0.25, 0.3) is 0 Å². The van der Waals surface area contributed by atoms with E-state index >= 15 is 0 Å². The second-order valence-electron chi connectivity index (χ2n) is 8.39. The van der Waals surface area contributed by atoms with E-state index in [1.807, 2.05) is 36.4 Å². The number of carbonyl (C=O) groups is 2. The minimum atomic E-state index is -0.418. The van der Waals surface area contributed by atoms with Crippen LogP contribution in [0.15, 0.2) is 58.8 Å². The number of rotatable bonds is 3. The van der Waals surface area contributed by atoms with E-state index in [9.17, 15) is 9.59 Å². The number of hydrogen-bond donors (Lipinski definition) is 0. The van der Waals surface area contributed by atoms with Crippen molar-refractivity contribution >= 4 is 33.8 Å². The first-order chi connectivity index (χ1) is 17.0. The summed E-state index contributed by atoms with van der Waals surface area (Å²) < 4.78 is 29.0. The van der Waals surface area contributed by atoms with Gasteiger partial charge in [-0.05, 0) is 48.0 Å². The lowest BCUT2D eigenvalue weighted by molar-refractivity contribution is -0.135. The fourth-order valence-corrected chi connectivity index (χ4v) is 5.21. The van der Waals surface area contributed by atoms with E-state index in [0.717, 1.165) is 26.9 Å². The van der Waals surface area contributed by atoms with Crippen molar-refractivity contribution in [3.63, 3.8) is 0 Å². The normalized spacial score (nSPS) is 19.3. The summed E-state index contributed by atoms with van der Waals surface area (Å²) in [5, 5.41) is 0. The monoisotopic (exact) mass is 534 g/mol. The number of esters is 1. The molecule has 35 heavy (non-hydrogen) atoms. The summed E-state index contributed by atoms with van der Waals surface area (Å²) in [4.78, 5) is 25.8. The van der Waals surface area contributed by atoms with E-state index in [2.05, 4.69) is 15.9 Å². The van der Waals surface area contributed by atoms with Gasteiger partial charge in [0.2, 0.25) is 5.78 Å². The number of ether oxygens (including phenoxy) is 5. The molecule has 0 aliphatic carbocycles. The molecular formula is C27H19BrO7. The quantitative estimate of drug-likeness (QED) is 0.253. The molecule has 0 spiro atoms. The molecule has 0 unspecified atom stereocenters. The van der Waals surface area contributed by atoms with Crippen LogP contribution < -0.4 is 18.9 Å². The van der Waals surface area contributed by atoms with Crippen molar-refractivity contribution in [1.82, 2.24) is 0 Å². The molecule has 6 rings (SSSR count). The number of Topliss-reactive ketones (excluding diaryl/α,β-unsaturated/α-hetero) is 1. The number of benzene rings is 3. The molecule has 3 aliphatic heterocycles. The van der Waals surface area contributed by atoms with Crippen LogP contribution in [0.1, 0.15) is 45.0 Å². The molecule has 0 radical (unpaired) electrons. The van der Waals surface area contributed by atoms with Crippen molar-refractivity contribution in [3.05, 3.63) is 86.6 Å². The van der Waals surface area contributed by atoms with Crippen LogP contribution in [-0.2, 0) is 16.1 Å². The highest BCUT2D eigenvalue weighted by Crippen LogP contribution is 2.51. The second-order valence-corrected chi connectivity index (χ2v) is 9.31. The minimum Gasteiger partial charge on any atom is -0.497 e. The Kier molecular flexibility index (Phi) is 5.35. The van der Waals surface area contributed by atoms with E-state index in [-0.39, 0.29) is 30.7 Å². The van der Waals surface area contributed by atoms with Gasteiger partial charge in [-0.3, -0.25) is 9.59 Å². The lowest BCUT2D eigenvalue weighted by Gasteiger charge is -2.29. The van der Waals surface area contributed by atoms with E-state index in [4.69, 9.17) is 23.7 Å². The van der Waals surface area contributed by atoms with Gasteiger partial charge in [-0.15, -0.1) is 0 Å². The largest absolute Gasteiger partial charge is 0.497 e. The first-order valence-electron chi connectivity index (χ1n) is 11.0. The summed E-state index contributed by atoms with van der Waals surface area (Å²) in [6, 6.07) is 14.5. The summed E-state index contributed by atoms with van der Waals surface area (Å²) in [5.74, 6) is 1.39. The van der Waals surface area contributed by atoms with Gasteiger partial charge in [-0.25, -0.2) is 0 Å². The van der Waals surface area contributed by atoms with Crippen molar-refractivity contribution in [3.8, 4) is 23.0 Å². The Balaban J connectivity index is 1.46. The molecule has 0 fully saturated rings. The summed E-state index contributed by atoms with van der Waals surface area (Å²) in [6.45, 7) is 0.532. The molecule has 176 valence electrons. The average Bonchev–Trinajstić information content (AvgIpc) is 3.18. The number of hydrogen-bond acceptors (Lipinski definition) is 7. The molecule has 8 heteroatoms. The maximum atomic E-state index is 13.2. The summed E-state index contributed by atoms with van der Waals surface area (Å²) in [7, 11) is 1.60. The van der Waals surface area contributed by atoms with Crippen LogP contribution in [0.4, 0.5) is 0 Å². The first-order valence-corrected chi connectivity index (χ1v) is 11.8. The van der Waals surface area contributed by atoms with Gasteiger partial charge in [0.05, 0.1) is 25.7 Å². The average molecular weight is 535 g/mol. The molecule has 0 aromatic heterocycles. The van der Waals surface area contributed by atoms with Crippen LogP contribution >= 0.6 is 15.9 Å². The Hall–Kier alpha value is -3.62. The Bertz CT molecular complexity index is 1410. The highest BCUT2D eigenvalue weighted by Gasteiger charge is 2.40. The van der Waals surface area contributed by atoms with E-state index in [0.29, 0.717) is 35.0 Å². The highest BCUT2D eigenvalue weighted by atomic mass is 79.9. The predicted octanol–water partition coefficient (Wildman–Crippen LogP) is 5.38. The van der Waals surface area contributed by atoms with Gasteiger partial charge < -0.3 is 23.7 Å². The number of carbonyl (C=O) groups excluding carboxylic acids is 2. The zero-order chi connectivity index (χ0) is 24.1. The Morgan fingerprint density at radius 2 is 1.86 bits per heavy atom. The Labute approximate surface area is 209 Å². The van der Waals surface area contributed by atoms with Crippen molar-refractivity contribution in [2.45, 2.75) is 18.9 Å². The summed E-state index contributed by atoms with van der Waals surface area (Å²) in [5.41, 5.74) is 3.58. The number of halogens is 1. The molecule has 0 N–H and O–H groups in total. The molecule has 3 aliphatic rings. The molecule has 3 heterocycles. The topological polar surface area (TPSA) is 80.3 Å². The second kappa shape index (κ2) is 8.55. The predicted molar refractivity (Wildman–Crippen MR) is 129 cm³/mol. The zero-order valence-corrected chi connectivity index (χ0v) is 20.2. The molecule has 3 aromatic rings. The van der Waals surface area contributed by atoms with Gasteiger partial charge in [0, 0.05) is 27.1 Å². The third-order valence-corrected chi connectivity index (χ3v) is 6.73. The molecular weight excluding hydrogens is 516 g/mol. The van der Waals surface area contributed by atoms with Crippen LogP contribution in [-0.4, -0.2) is 25.7 Å². The van der Waals surface area contributed by atoms with Crippen LogP contribution in [0, 0.1) is 0 Å². The van der Waals surface area contributed by atoms with Gasteiger partial charge >= 0.3 is 5.97 Å². The van der Waals surface area contributed by atoms with Crippen molar-refractivity contribution < 1.29 is 33.3 Å². The van der Waals surface area contributed by atoms with Crippen LogP contribution in [0.2, 0.25) is 0 Å². The summed E-state index contributed by atoms with van der Waals surface area (Å²) in [6.07, 6.45) is 1.78. The molecule has 0 saturated carbocycles. The molecule has 7 nitrogen and oxygen atoms in total.